The minimum atomic E-state index is -1.64. The lowest BCUT2D eigenvalue weighted by Crippen LogP contribution is -2.40. The van der Waals surface area contributed by atoms with Gasteiger partial charge >= 0.3 is 5.97 Å². The molecule has 0 aliphatic carbocycles. The lowest BCUT2D eigenvalue weighted by molar-refractivity contribution is -0.165. The van der Waals surface area contributed by atoms with Gasteiger partial charge in [0, 0.05) is 6.42 Å². The highest BCUT2D eigenvalue weighted by atomic mass is 16.5. The fraction of sp³-hybridized carbons (Fsp3) is 0.750. The zero-order chi connectivity index (χ0) is 9.78. The zero-order valence-electron chi connectivity index (χ0n) is 7.59. The summed E-state index contributed by atoms with van der Waals surface area (Å²) in [5, 5.41) is 9.56. The Morgan fingerprint density at radius 3 is 2.25 bits per heavy atom. The van der Waals surface area contributed by atoms with E-state index >= 15 is 0 Å². The molecule has 4 heteroatoms. The van der Waals surface area contributed by atoms with Crippen molar-refractivity contribution in [1.82, 2.24) is 0 Å². The summed E-state index contributed by atoms with van der Waals surface area (Å²) in [4.78, 5) is 21.6. The fourth-order valence-corrected chi connectivity index (χ4v) is 0.943. The average molecular weight is 174 g/mol. The quantitative estimate of drug-likeness (QED) is 0.622. The molecule has 0 aromatic carbocycles. The Morgan fingerprint density at radius 1 is 1.50 bits per heavy atom. The van der Waals surface area contributed by atoms with Crippen molar-refractivity contribution >= 4 is 11.8 Å². The summed E-state index contributed by atoms with van der Waals surface area (Å²) in [5.74, 6) is -0.982. The van der Waals surface area contributed by atoms with Crippen molar-refractivity contribution in [1.29, 1.82) is 0 Å². The van der Waals surface area contributed by atoms with E-state index in [4.69, 9.17) is 0 Å². The minimum Gasteiger partial charge on any atom is -0.467 e. The third-order valence-electron chi connectivity index (χ3n) is 1.69. The molecule has 0 heterocycles. The van der Waals surface area contributed by atoms with Gasteiger partial charge in [-0.3, -0.25) is 4.79 Å². The number of esters is 1. The molecule has 0 saturated carbocycles. The molecule has 1 atom stereocenters. The summed E-state index contributed by atoms with van der Waals surface area (Å²) < 4.78 is 4.37. The van der Waals surface area contributed by atoms with Crippen LogP contribution >= 0.6 is 0 Å². The van der Waals surface area contributed by atoms with Crippen molar-refractivity contribution in [2.45, 2.75) is 32.3 Å². The van der Waals surface area contributed by atoms with Crippen molar-refractivity contribution in [3.8, 4) is 0 Å². The summed E-state index contributed by atoms with van der Waals surface area (Å²) in [6.45, 7) is 2.95. The van der Waals surface area contributed by atoms with E-state index in [1.54, 1.807) is 6.92 Å². The summed E-state index contributed by atoms with van der Waals surface area (Å²) in [6.07, 6.45) is -0.00454. The maximum atomic E-state index is 11.0. The molecule has 0 aromatic heterocycles. The van der Waals surface area contributed by atoms with Gasteiger partial charge in [0.1, 0.15) is 5.78 Å². The van der Waals surface area contributed by atoms with E-state index in [-0.39, 0.29) is 18.6 Å². The van der Waals surface area contributed by atoms with Gasteiger partial charge in [0.2, 0.25) is 0 Å². The van der Waals surface area contributed by atoms with Crippen LogP contribution in [0.2, 0.25) is 0 Å². The van der Waals surface area contributed by atoms with E-state index in [9.17, 15) is 14.7 Å². The molecule has 0 aromatic rings. The highest BCUT2D eigenvalue weighted by molar-refractivity contribution is 5.87. The second-order valence-corrected chi connectivity index (χ2v) is 2.76. The highest BCUT2D eigenvalue weighted by Gasteiger charge is 2.36. The molecule has 4 nitrogen and oxygen atoms in total. The van der Waals surface area contributed by atoms with Crippen LogP contribution in [0.4, 0.5) is 0 Å². The number of rotatable bonds is 4. The number of carbonyl (C=O) groups is 2. The van der Waals surface area contributed by atoms with Crippen molar-refractivity contribution in [3.05, 3.63) is 0 Å². The van der Waals surface area contributed by atoms with Gasteiger partial charge in [-0.15, -0.1) is 0 Å². The number of ketones is 1. The van der Waals surface area contributed by atoms with E-state index in [1.165, 1.54) is 14.0 Å². The molecule has 0 rings (SSSR count). The van der Waals surface area contributed by atoms with Crippen LogP contribution in [-0.2, 0) is 14.3 Å². The van der Waals surface area contributed by atoms with Gasteiger partial charge in [-0.05, 0) is 13.3 Å². The Hall–Kier alpha value is -0.900. The van der Waals surface area contributed by atoms with E-state index in [1.807, 2.05) is 0 Å². The molecule has 70 valence electrons. The summed E-state index contributed by atoms with van der Waals surface area (Å²) in [7, 11) is 1.18. The molecule has 0 saturated heterocycles. The average Bonchev–Trinajstić information content (AvgIpc) is 2.01. The first-order valence-corrected chi connectivity index (χ1v) is 3.76. The van der Waals surface area contributed by atoms with Crippen LogP contribution in [-0.4, -0.2) is 29.6 Å². The Morgan fingerprint density at radius 2 is 2.00 bits per heavy atom. The Balaban J connectivity index is 4.44. The number of methoxy groups -OCH3 is 1. The van der Waals surface area contributed by atoms with Gasteiger partial charge in [-0.25, -0.2) is 4.79 Å². The van der Waals surface area contributed by atoms with Crippen molar-refractivity contribution in [2.24, 2.45) is 0 Å². The van der Waals surface area contributed by atoms with Crippen molar-refractivity contribution < 1.29 is 19.4 Å². The van der Waals surface area contributed by atoms with Crippen molar-refractivity contribution in [2.75, 3.05) is 7.11 Å². The first-order valence-electron chi connectivity index (χ1n) is 3.76. The Labute approximate surface area is 71.5 Å². The maximum Gasteiger partial charge on any atom is 0.338 e. The molecule has 0 spiro atoms. The second-order valence-electron chi connectivity index (χ2n) is 2.76. The van der Waals surface area contributed by atoms with E-state index < -0.39 is 11.6 Å². The number of Topliss-reactive ketones (excluding diaryl/α,β-unsaturated/α-hetero) is 1. The number of hydrogen-bond acceptors (Lipinski definition) is 4. The molecule has 0 bridgehead atoms. The van der Waals surface area contributed by atoms with Gasteiger partial charge in [0.15, 0.2) is 5.60 Å². The summed E-state index contributed by atoms with van der Waals surface area (Å²) in [6, 6.07) is 0. The number of aliphatic hydroxyl groups is 1. The molecule has 0 aliphatic heterocycles. The highest BCUT2D eigenvalue weighted by Crippen LogP contribution is 2.16. The number of carbonyl (C=O) groups excluding carboxylic acids is 2. The third kappa shape index (κ3) is 2.62. The number of ether oxygens (including phenoxy) is 1. The smallest absolute Gasteiger partial charge is 0.338 e. The SMILES string of the molecule is CC[C@@](O)(CC(C)=O)C(=O)OC. The van der Waals surface area contributed by atoms with Crippen LogP contribution in [0.1, 0.15) is 26.7 Å². The van der Waals surface area contributed by atoms with Gasteiger partial charge in [0.05, 0.1) is 7.11 Å². The van der Waals surface area contributed by atoms with Crippen LogP contribution < -0.4 is 0 Å². The normalized spacial score (nSPS) is 15.0. The van der Waals surface area contributed by atoms with Gasteiger partial charge in [-0.2, -0.15) is 0 Å². The second kappa shape index (κ2) is 4.21. The monoisotopic (exact) mass is 174 g/mol. The summed E-state index contributed by atoms with van der Waals surface area (Å²) >= 11 is 0. The van der Waals surface area contributed by atoms with Crippen LogP contribution in [0.5, 0.6) is 0 Å². The molecule has 0 amide bonds. The van der Waals surface area contributed by atoms with E-state index in [2.05, 4.69) is 4.74 Å². The Bertz CT molecular complexity index is 187. The first kappa shape index (κ1) is 11.1. The molecule has 0 aliphatic rings. The molecule has 0 radical (unpaired) electrons. The fourth-order valence-electron chi connectivity index (χ4n) is 0.943. The number of hydrogen-bond donors (Lipinski definition) is 1. The van der Waals surface area contributed by atoms with E-state index in [0.29, 0.717) is 0 Å². The predicted octanol–water partition coefficient (Wildman–Crippen LogP) is 0.280. The first-order chi connectivity index (χ1) is 5.46. The predicted molar refractivity (Wildman–Crippen MR) is 42.6 cm³/mol. The molecule has 1 N–H and O–H groups in total. The molecular weight excluding hydrogens is 160 g/mol. The van der Waals surface area contributed by atoms with Gasteiger partial charge in [-0.1, -0.05) is 6.92 Å². The van der Waals surface area contributed by atoms with Crippen LogP contribution in [0, 0.1) is 0 Å². The Kier molecular flexibility index (Phi) is 3.89. The van der Waals surface area contributed by atoms with Crippen LogP contribution in [0.15, 0.2) is 0 Å². The molecule has 12 heavy (non-hydrogen) atoms. The topological polar surface area (TPSA) is 63.6 Å². The molecule has 0 fully saturated rings. The maximum absolute atomic E-state index is 11.0. The van der Waals surface area contributed by atoms with Crippen LogP contribution in [0.25, 0.3) is 0 Å². The lowest BCUT2D eigenvalue weighted by atomic mass is 9.95. The third-order valence-corrected chi connectivity index (χ3v) is 1.69. The standard InChI is InChI=1S/C8H14O4/c1-4-8(11,5-6(2)9)7(10)12-3/h11H,4-5H2,1-3H3/t8-/m1/s1. The largest absolute Gasteiger partial charge is 0.467 e. The zero-order valence-corrected chi connectivity index (χ0v) is 7.59. The lowest BCUT2D eigenvalue weighted by Gasteiger charge is -2.21. The van der Waals surface area contributed by atoms with E-state index in [0.717, 1.165) is 0 Å². The van der Waals surface area contributed by atoms with Crippen LogP contribution in [0.3, 0.4) is 0 Å². The van der Waals surface area contributed by atoms with Gasteiger partial charge < -0.3 is 9.84 Å². The summed E-state index contributed by atoms with van der Waals surface area (Å²) in [5.41, 5.74) is -1.64. The molecular formula is C8H14O4. The minimum absolute atomic E-state index is 0.180. The van der Waals surface area contributed by atoms with Crippen molar-refractivity contribution in [3.63, 3.8) is 0 Å². The molecule has 0 unspecified atom stereocenters. The van der Waals surface area contributed by atoms with Gasteiger partial charge in [0.25, 0.3) is 0 Å².